The molecule has 0 aliphatic carbocycles. The predicted molar refractivity (Wildman–Crippen MR) is 177 cm³/mol. The maximum Gasteiger partial charge on any atom is 3.00 e. The van der Waals surface area contributed by atoms with E-state index in [9.17, 15) is 9.59 Å². The van der Waals surface area contributed by atoms with Crippen molar-refractivity contribution in [1.82, 2.24) is 9.97 Å². The van der Waals surface area contributed by atoms with Gasteiger partial charge in [-0.25, -0.2) is 0 Å². The Labute approximate surface area is 274 Å². The molecule has 0 saturated heterocycles. The van der Waals surface area contributed by atoms with Crippen molar-refractivity contribution < 1.29 is 29.7 Å². The van der Waals surface area contributed by atoms with E-state index in [0.717, 1.165) is 40.0 Å². The smallest absolute Gasteiger partial charge is 0.334 e. The summed E-state index contributed by atoms with van der Waals surface area (Å²) in [6.07, 6.45) is 1.06. The largest absolute Gasteiger partial charge is 3.00 e. The van der Waals surface area contributed by atoms with E-state index < -0.39 is 0 Å². The molecule has 6 rings (SSSR count). The van der Waals surface area contributed by atoms with Gasteiger partial charge in [-0.05, 0) is 73.1 Å². The van der Waals surface area contributed by atoms with Gasteiger partial charge in [0.15, 0.2) is 0 Å². The Morgan fingerprint density at radius 2 is 0.909 bits per heavy atom. The van der Waals surface area contributed by atoms with E-state index in [0.29, 0.717) is 0 Å². The Hall–Kier alpha value is -4.44. The molecule has 2 aromatic heterocycles. The summed E-state index contributed by atoms with van der Waals surface area (Å²) in [6, 6.07) is 39.8. The number of hydrogen-bond acceptors (Lipinski definition) is 4. The second-order valence-electron chi connectivity index (χ2n) is 10.7. The Balaban J connectivity index is 0.000000196. The number of aromatic nitrogens is 2. The van der Waals surface area contributed by atoms with E-state index in [1.54, 1.807) is 0 Å². The summed E-state index contributed by atoms with van der Waals surface area (Å²) in [4.78, 5) is 29.4. The Morgan fingerprint density at radius 1 is 0.545 bits per heavy atom. The van der Waals surface area contributed by atoms with Crippen molar-refractivity contribution in [2.75, 3.05) is 0 Å². The Bertz CT molecular complexity index is 1770. The fourth-order valence-electron chi connectivity index (χ4n) is 4.50. The van der Waals surface area contributed by atoms with Gasteiger partial charge in [0, 0.05) is 11.6 Å². The number of carbonyl (C=O) groups excluding carboxylic acids is 2. The molecule has 6 aromatic rings. The number of nitrogens with zero attached hydrogens (tertiary/aromatic N) is 2. The van der Waals surface area contributed by atoms with E-state index in [1.165, 1.54) is 46.9 Å². The molecule has 0 saturated carbocycles. The molecule has 0 aliphatic heterocycles. The van der Waals surface area contributed by atoms with Crippen LogP contribution in [-0.2, 0) is 29.7 Å². The molecule has 5 heteroatoms. The first kappa shape index (κ1) is 34.1. The third-order valence-corrected chi connectivity index (χ3v) is 6.57. The number of fused-ring (bicyclic) bond motifs is 2. The van der Waals surface area contributed by atoms with Crippen LogP contribution in [0.25, 0.3) is 44.3 Å². The van der Waals surface area contributed by atoms with Crippen LogP contribution in [-0.4, -0.2) is 21.5 Å². The molecule has 44 heavy (non-hydrogen) atoms. The van der Waals surface area contributed by atoms with Crippen LogP contribution in [0.1, 0.15) is 36.1 Å². The average Bonchev–Trinajstić information content (AvgIpc) is 2.96. The zero-order valence-corrected chi connectivity index (χ0v) is 28.3. The molecule has 2 heterocycles. The van der Waals surface area contributed by atoms with Gasteiger partial charge in [-0.15, -0.1) is 70.8 Å². The van der Waals surface area contributed by atoms with Crippen molar-refractivity contribution in [2.45, 2.75) is 41.5 Å². The maximum atomic E-state index is 9.98. The van der Waals surface area contributed by atoms with Crippen molar-refractivity contribution in [3.05, 3.63) is 138 Å². The van der Waals surface area contributed by atoms with Crippen molar-refractivity contribution in [2.24, 2.45) is 0 Å². The first-order valence-corrected chi connectivity index (χ1v) is 14.2. The van der Waals surface area contributed by atoms with Crippen molar-refractivity contribution in [1.29, 1.82) is 0 Å². The number of pyridine rings is 2. The van der Waals surface area contributed by atoms with Crippen LogP contribution >= 0.6 is 0 Å². The molecule has 0 bridgehead atoms. The fraction of sp³-hybridized carbons (Fsp3) is 0.154. The number of aryl methyl sites for hydroxylation is 4. The number of hydrogen-bond donors (Lipinski definition) is 0. The normalized spacial score (nSPS) is 10.0. The summed E-state index contributed by atoms with van der Waals surface area (Å²) in [5.41, 5.74) is 11.1. The minimum Gasteiger partial charge on any atom is -0.334 e. The molecule has 0 unspecified atom stereocenters. The second-order valence-corrected chi connectivity index (χ2v) is 10.7. The van der Waals surface area contributed by atoms with E-state index >= 15 is 0 Å². The Morgan fingerprint density at radius 3 is 1.25 bits per heavy atom. The minimum atomic E-state index is -0.187. The first-order chi connectivity index (χ1) is 20.6. The topological polar surface area (TPSA) is 59.9 Å². The molecule has 0 N–H and O–H groups in total. The van der Waals surface area contributed by atoms with Crippen LogP contribution in [0.5, 0.6) is 0 Å². The molecule has 4 nitrogen and oxygen atoms in total. The van der Waals surface area contributed by atoms with Crippen LogP contribution < -0.4 is 0 Å². The van der Waals surface area contributed by atoms with Crippen molar-refractivity contribution in [3.8, 4) is 22.5 Å². The van der Waals surface area contributed by atoms with Gasteiger partial charge in [0.05, 0.1) is 11.0 Å². The molecule has 0 aliphatic rings. The standard InChI is InChI=1S/2C17H14N.C5H7O2.Ir/c2*1-12-4-3-5-15(10-12)16-9-8-14-7-6-13(2)11-17(14)18-16;1-4(6)3-5(2)7;/h2*3-4,6-11H,1-2H3;3H,1-2H3;/q3*-1;+3. The SMILES string of the molecule is CC(=O)[CH-]C(C)=O.Cc1cc[c-]c(-c2ccc3ccc(C)cc3n2)c1.Cc1cc[c-]c(-c2ccc3ccc(C)cc3n2)c1.[Ir+3]. The molecular formula is C39H35IrN2O2. The van der Waals surface area contributed by atoms with Gasteiger partial charge in [0.1, 0.15) is 0 Å². The van der Waals surface area contributed by atoms with Crippen LogP contribution in [0.15, 0.2) is 97.1 Å². The predicted octanol–water partition coefficient (Wildman–Crippen LogP) is 9.00. The molecule has 0 atom stereocenters. The van der Waals surface area contributed by atoms with Crippen LogP contribution in [0, 0.1) is 46.2 Å². The van der Waals surface area contributed by atoms with E-state index in [1.807, 2.05) is 12.1 Å². The van der Waals surface area contributed by atoms with Crippen LogP contribution in [0.2, 0.25) is 0 Å². The van der Waals surface area contributed by atoms with E-state index in [2.05, 4.69) is 125 Å². The van der Waals surface area contributed by atoms with Gasteiger partial charge in [0.2, 0.25) is 0 Å². The molecule has 4 aromatic carbocycles. The molecule has 0 spiro atoms. The number of Topliss-reactive ketones (excluding diaryl/α,β-unsaturated/α-hetero) is 2. The summed E-state index contributed by atoms with van der Waals surface area (Å²) in [6.45, 7) is 11.0. The van der Waals surface area contributed by atoms with Gasteiger partial charge in [0.25, 0.3) is 0 Å². The van der Waals surface area contributed by atoms with Crippen LogP contribution in [0.3, 0.4) is 0 Å². The number of ketones is 2. The third-order valence-electron chi connectivity index (χ3n) is 6.57. The molecule has 0 radical (unpaired) electrons. The first-order valence-electron chi connectivity index (χ1n) is 14.2. The van der Waals surface area contributed by atoms with E-state index in [-0.39, 0.29) is 31.7 Å². The molecule has 0 fully saturated rings. The summed E-state index contributed by atoms with van der Waals surface area (Å²) in [7, 11) is 0. The van der Waals surface area contributed by atoms with Crippen LogP contribution in [0.4, 0.5) is 0 Å². The second kappa shape index (κ2) is 15.9. The third kappa shape index (κ3) is 9.80. The quantitative estimate of drug-likeness (QED) is 0.133. The van der Waals surface area contributed by atoms with Gasteiger partial charge in [-0.1, -0.05) is 62.4 Å². The molecule has 222 valence electrons. The average molecular weight is 756 g/mol. The fourth-order valence-corrected chi connectivity index (χ4v) is 4.50. The zero-order chi connectivity index (χ0) is 30.9. The van der Waals surface area contributed by atoms with Gasteiger partial charge in [-0.3, -0.25) is 16.4 Å². The summed E-state index contributed by atoms with van der Waals surface area (Å²) >= 11 is 0. The minimum absolute atomic E-state index is 0. The zero-order valence-electron chi connectivity index (χ0n) is 25.9. The van der Waals surface area contributed by atoms with Crippen molar-refractivity contribution >= 4 is 33.4 Å². The summed E-state index contributed by atoms with van der Waals surface area (Å²) in [5, 5.41) is 2.36. The summed E-state index contributed by atoms with van der Waals surface area (Å²) in [5.74, 6) is -0.375. The maximum absolute atomic E-state index is 9.98. The van der Waals surface area contributed by atoms with Gasteiger partial charge in [-0.2, -0.15) is 0 Å². The van der Waals surface area contributed by atoms with Crippen molar-refractivity contribution in [3.63, 3.8) is 0 Å². The number of carbonyl (C=O) groups is 2. The Kier molecular flexibility index (Phi) is 12.3. The van der Waals surface area contributed by atoms with Gasteiger partial charge >= 0.3 is 20.1 Å². The van der Waals surface area contributed by atoms with E-state index in [4.69, 9.17) is 9.97 Å². The molecule has 0 amide bonds. The number of rotatable bonds is 4. The number of benzene rings is 4. The summed E-state index contributed by atoms with van der Waals surface area (Å²) < 4.78 is 0. The van der Waals surface area contributed by atoms with Gasteiger partial charge < -0.3 is 9.59 Å². The monoisotopic (exact) mass is 756 g/mol. The molecular weight excluding hydrogens is 721 g/mol.